The Balaban J connectivity index is 1.96. The van der Waals surface area contributed by atoms with E-state index >= 15 is 0 Å². The van der Waals surface area contributed by atoms with Gasteiger partial charge in [-0.1, -0.05) is 28.9 Å². The molecular weight excluding hydrogens is 333 g/mol. The summed E-state index contributed by atoms with van der Waals surface area (Å²) in [4.78, 5) is 0. The fraction of sp³-hybridized carbons (Fsp3) is 0.647. The molecule has 0 bridgehead atoms. The van der Waals surface area contributed by atoms with Crippen LogP contribution < -0.4 is 5.32 Å². The fourth-order valence-electron chi connectivity index (χ4n) is 2.93. The third-order valence-electron chi connectivity index (χ3n) is 4.03. The lowest BCUT2D eigenvalue weighted by Crippen LogP contribution is -2.24. The summed E-state index contributed by atoms with van der Waals surface area (Å²) in [6, 6.07) is 5.27. The molecule has 21 heavy (non-hydrogen) atoms. The van der Waals surface area contributed by atoms with E-state index in [-0.39, 0.29) is 11.9 Å². The van der Waals surface area contributed by atoms with Crippen LogP contribution in [0.25, 0.3) is 0 Å². The monoisotopic (exact) mass is 357 g/mol. The van der Waals surface area contributed by atoms with E-state index in [0.29, 0.717) is 6.10 Å². The highest BCUT2D eigenvalue weighted by atomic mass is 79.9. The first-order valence-electron chi connectivity index (χ1n) is 8.01. The molecule has 2 unspecified atom stereocenters. The molecule has 0 saturated carbocycles. The lowest BCUT2D eigenvalue weighted by Gasteiger charge is -2.21. The molecular formula is C17H25BrFNO. The maximum absolute atomic E-state index is 14.2. The lowest BCUT2D eigenvalue weighted by atomic mass is 9.98. The van der Waals surface area contributed by atoms with Crippen LogP contribution in [0.4, 0.5) is 4.39 Å². The maximum atomic E-state index is 14.2. The molecule has 2 rings (SSSR count). The Morgan fingerprint density at radius 1 is 1.48 bits per heavy atom. The van der Waals surface area contributed by atoms with Gasteiger partial charge in [0, 0.05) is 22.7 Å². The van der Waals surface area contributed by atoms with E-state index in [0.717, 1.165) is 48.9 Å². The minimum atomic E-state index is -0.130. The van der Waals surface area contributed by atoms with E-state index < -0.39 is 0 Å². The molecule has 1 saturated heterocycles. The van der Waals surface area contributed by atoms with Gasteiger partial charge in [0.05, 0.1) is 6.10 Å². The molecule has 1 aromatic carbocycles. The number of hydrogen-bond acceptors (Lipinski definition) is 2. The van der Waals surface area contributed by atoms with Gasteiger partial charge in [0.25, 0.3) is 0 Å². The van der Waals surface area contributed by atoms with E-state index in [2.05, 4.69) is 28.2 Å². The van der Waals surface area contributed by atoms with Gasteiger partial charge in [-0.2, -0.15) is 0 Å². The molecule has 0 amide bonds. The van der Waals surface area contributed by atoms with Crippen molar-refractivity contribution in [2.75, 3.05) is 13.2 Å². The van der Waals surface area contributed by atoms with Crippen LogP contribution >= 0.6 is 15.9 Å². The summed E-state index contributed by atoms with van der Waals surface area (Å²) in [5.41, 5.74) is 0.762. The molecule has 1 aliphatic rings. The first-order chi connectivity index (χ1) is 10.2. The lowest BCUT2D eigenvalue weighted by molar-refractivity contribution is 0.101. The summed E-state index contributed by atoms with van der Waals surface area (Å²) in [6.07, 6.45) is 6.91. The molecule has 1 fully saturated rings. The van der Waals surface area contributed by atoms with Crippen LogP contribution in [0.3, 0.4) is 0 Å². The summed E-state index contributed by atoms with van der Waals surface area (Å²) < 4.78 is 20.7. The van der Waals surface area contributed by atoms with Gasteiger partial charge < -0.3 is 10.1 Å². The molecule has 1 aliphatic heterocycles. The second-order valence-electron chi connectivity index (χ2n) is 5.71. The second-order valence-corrected chi connectivity index (χ2v) is 6.56. The van der Waals surface area contributed by atoms with Gasteiger partial charge in [-0.25, -0.2) is 4.39 Å². The van der Waals surface area contributed by atoms with Crippen LogP contribution in [-0.4, -0.2) is 19.3 Å². The molecule has 118 valence electrons. The van der Waals surface area contributed by atoms with Crippen molar-refractivity contribution in [1.29, 1.82) is 0 Å². The van der Waals surface area contributed by atoms with Crippen molar-refractivity contribution in [2.24, 2.45) is 0 Å². The van der Waals surface area contributed by atoms with Crippen LogP contribution in [0.5, 0.6) is 0 Å². The molecule has 2 atom stereocenters. The van der Waals surface area contributed by atoms with Crippen molar-refractivity contribution in [2.45, 2.75) is 57.6 Å². The van der Waals surface area contributed by atoms with Gasteiger partial charge in [0.1, 0.15) is 5.82 Å². The third-order valence-corrected chi connectivity index (χ3v) is 4.72. The van der Waals surface area contributed by atoms with Crippen molar-refractivity contribution >= 4 is 15.9 Å². The first-order valence-corrected chi connectivity index (χ1v) is 8.80. The van der Waals surface area contributed by atoms with Crippen molar-refractivity contribution in [3.05, 3.63) is 34.1 Å². The number of hydrogen-bond donors (Lipinski definition) is 1. The fourth-order valence-corrected chi connectivity index (χ4v) is 3.55. The van der Waals surface area contributed by atoms with Crippen LogP contribution in [0.2, 0.25) is 0 Å². The van der Waals surface area contributed by atoms with Crippen molar-refractivity contribution in [3.8, 4) is 0 Å². The summed E-state index contributed by atoms with van der Waals surface area (Å²) in [6.45, 7) is 3.94. The van der Waals surface area contributed by atoms with E-state index in [1.807, 2.05) is 6.07 Å². The van der Waals surface area contributed by atoms with Crippen LogP contribution in [0.15, 0.2) is 22.7 Å². The zero-order valence-corrected chi connectivity index (χ0v) is 14.3. The molecule has 0 radical (unpaired) electrons. The normalized spacial score (nSPS) is 19.9. The van der Waals surface area contributed by atoms with E-state index in [1.54, 1.807) is 12.1 Å². The summed E-state index contributed by atoms with van der Waals surface area (Å²) >= 11 is 3.49. The molecule has 1 aromatic rings. The molecule has 1 N–H and O–H groups in total. The molecule has 0 aromatic heterocycles. The van der Waals surface area contributed by atoms with Gasteiger partial charge >= 0.3 is 0 Å². The quantitative estimate of drug-likeness (QED) is 0.708. The Morgan fingerprint density at radius 3 is 3.00 bits per heavy atom. The second kappa shape index (κ2) is 8.86. The topological polar surface area (TPSA) is 21.3 Å². The van der Waals surface area contributed by atoms with Gasteiger partial charge in [0.2, 0.25) is 0 Å². The van der Waals surface area contributed by atoms with E-state index in [9.17, 15) is 4.39 Å². The van der Waals surface area contributed by atoms with E-state index in [1.165, 1.54) is 12.8 Å². The molecule has 0 aliphatic carbocycles. The smallest absolute Gasteiger partial charge is 0.129 e. The minimum Gasteiger partial charge on any atom is -0.378 e. The van der Waals surface area contributed by atoms with Crippen LogP contribution in [0, 0.1) is 5.82 Å². The third kappa shape index (κ3) is 5.04. The zero-order valence-electron chi connectivity index (χ0n) is 12.7. The first kappa shape index (κ1) is 16.9. The van der Waals surface area contributed by atoms with Crippen molar-refractivity contribution < 1.29 is 9.13 Å². The zero-order chi connectivity index (χ0) is 15.1. The summed E-state index contributed by atoms with van der Waals surface area (Å²) in [7, 11) is 0. The Bertz CT molecular complexity index is 415. The summed E-state index contributed by atoms with van der Waals surface area (Å²) in [5, 5.41) is 3.48. The number of ether oxygens (including phenoxy) is 1. The largest absolute Gasteiger partial charge is 0.378 e. The number of rotatable bonds is 8. The Hall–Kier alpha value is -0.450. The number of halogens is 2. The van der Waals surface area contributed by atoms with Crippen molar-refractivity contribution in [1.82, 2.24) is 5.32 Å². The predicted molar refractivity (Wildman–Crippen MR) is 88.0 cm³/mol. The molecule has 2 nitrogen and oxygen atoms in total. The average Bonchev–Trinajstić information content (AvgIpc) is 2.97. The Kier molecular flexibility index (Phi) is 7.14. The van der Waals surface area contributed by atoms with Crippen molar-refractivity contribution in [3.63, 3.8) is 0 Å². The van der Waals surface area contributed by atoms with Gasteiger partial charge in [-0.15, -0.1) is 0 Å². The predicted octanol–water partition coefficient (Wildman–Crippen LogP) is 4.98. The number of nitrogens with one attached hydrogen (secondary N) is 1. The SMILES string of the molecule is CCCNC(CCCC1CCCO1)c1c(F)cccc1Br. The van der Waals surface area contributed by atoms with Gasteiger partial charge in [0.15, 0.2) is 0 Å². The van der Waals surface area contributed by atoms with Crippen LogP contribution in [0.1, 0.15) is 57.1 Å². The molecule has 0 spiro atoms. The van der Waals surface area contributed by atoms with E-state index in [4.69, 9.17) is 4.74 Å². The molecule has 1 heterocycles. The Labute approximate surface area is 135 Å². The minimum absolute atomic E-state index is 0.0712. The Morgan fingerprint density at radius 2 is 2.33 bits per heavy atom. The summed E-state index contributed by atoms with van der Waals surface area (Å²) in [5.74, 6) is -0.130. The molecule has 4 heteroatoms. The highest BCUT2D eigenvalue weighted by molar-refractivity contribution is 9.10. The average molecular weight is 358 g/mol. The van der Waals surface area contributed by atoms with Gasteiger partial charge in [-0.05, 0) is 57.2 Å². The standard InChI is InChI=1S/C17H25BrFNO/c1-2-11-20-16(10-3-6-13-7-5-12-21-13)17-14(18)8-4-9-15(17)19/h4,8-9,13,16,20H,2-3,5-7,10-12H2,1H3. The highest BCUT2D eigenvalue weighted by Crippen LogP contribution is 2.30. The number of benzene rings is 1. The maximum Gasteiger partial charge on any atom is 0.129 e. The van der Waals surface area contributed by atoms with Crippen LogP contribution in [-0.2, 0) is 4.74 Å². The van der Waals surface area contributed by atoms with Gasteiger partial charge in [-0.3, -0.25) is 0 Å². The highest BCUT2D eigenvalue weighted by Gasteiger charge is 2.20.